The smallest absolute Gasteiger partial charge is 0.247 e. The molecule has 0 radical (unpaired) electrons. The molecular formula is C16H12FN7. The van der Waals surface area contributed by atoms with Gasteiger partial charge in [-0.25, -0.2) is 13.9 Å². The Morgan fingerprint density at radius 1 is 0.958 bits per heavy atom. The van der Waals surface area contributed by atoms with Gasteiger partial charge in [-0.3, -0.25) is 4.98 Å². The molecule has 0 unspecified atom stereocenters. The summed E-state index contributed by atoms with van der Waals surface area (Å²) in [6.07, 6.45) is 6.69. The molecule has 1 aromatic carbocycles. The molecule has 4 rings (SSSR count). The molecule has 0 bridgehead atoms. The van der Waals surface area contributed by atoms with Gasteiger partial charge in [0, 0.05) is 11.9 Å². The maximum atomic E-state index is 12.9. The number of aromatic nitrogens is 5. The second-order valence-electron chi connectivity index (χ2n) is 5.01. The maximum absolute atomic E-state index is 12.9. The Morgan fingerprint density at radius 2 is 1.83 bits per heavy atom. The highest BCUT2D eigenvalue weighted by molar-refractivity contribution is 5.58. The van der Waals surface area contributed by atoms with E-state index in [0.29, 0.717) is 17.4 Å². The van der Waals surface area contributed by atoms with Crippen molar-refractivity contribution in [3.63, 3.8) is 0 Å². The van der Waals surface area contributed by atoms with E-state index in [1.807, 2.05) is 12.1 Å². The third kappa shape index (κ3) is 2.98. The average Bonchev–Trinajstić information content (AvgIpc) is 2.99. The van der Waals surface area contributed by atoms with Crippen molar-refractivity contribution in [1.82, 2.24) is 24.6 Å². The molecular weight excluding hydrogens is 309 g/mol. The number of rotatable bonds is 4. The number of benzene rings is 1. The normalized spacial score (nSPS) is 10.7. The Labute approximate surface area is 136 Å². The number of nitrogens with one attached hydrogen (secondary N) is 2. The number of halogens is 1. The van der Waals surface area contributed by atoms with E-state index in [-0.39, 0.29) is 5.82 Å². The summed E-state index contributed by atoms with van der Waals surface area (Å²) in [6.45, 7) is 0. The number of hydrogen-bond donors (Lipinski definition) is 2. The van der Waals surface area contributed by atoms with Gasteiger partial charge < -0.3 is 10.6 Å². The molecule has 7 nitrogen and oxygen atoms in total. The summed E-state index contributed by atoms with van der Waals surface area (Å²) in [6, 6.07) is 9.73. The van der Waals surface area contributed by atoms with E-state index in [9.17, 15) is 4.39 Å². The Hall–Kier alpha value is -3.55. The standard InChI is InChI=1S/C16H12FN7/c17-11-3-5-12(6-4-11)20-14-10-24-15(9-19-14)22-16(23-24)21-13-2-1-7-18-8-13/h1-10,20H,(H,21,23). The molecule has 3 aromatic heterocycles. The van der Waals surface area contributed by atoms with Gasteiger partial charge >= 0.3 is 0 Å². The third-order valence-corrected chi connectivity index (χ3v) is 3.26. The zero-order valence-corrected chi connectivity index (χ0v) is 12.4. The van der Waals surface area contributed by atoms with E-state index in [0.717, 1.165) is 11.4 Å². The molecule has 0 spiro atoms. The van der Waals surface area contributed by atoms with Gasteiger partial charge in [0.25, 0.3) is 0 Å². The van der Waals surface area contributed by atoms with Gasteiger partial charge in [-0.1, -0.05) is 0 Å². The molecule has 0 saturated carbocycles. The molecule has 24 heavy (non-hydrogen) atoms. The number of nitrogens with zero attached hydrogens (tertiary/aromatic N) is 5. The molecule has 0 aliphatic heterocycles. The van der Waals surface area contributed by atoms with Crippen LogP contribution in [-0.2, 0) is 0 Å². The van der Waals surface area contributed by atoms with Crippen molar-refractivity contribution >= 4 is 28.8 Å². The lowest BCUT2D eigenvalue weighted by atomic mass is 10.3. The summed E-state index contributed by atoms with van der Waals surface area (Å²) in [5.74, 6) is 0.738. The van der Waals surface area contributed by atoms with Crippen molar-refractivity contribution in [3.8, 4) is 0 Å². The van der Waals surface area contributed by atoms with Crippen LogP contribution in [0.3, 0.4) is 0 Å². The first-order valence-electron chi connectivity index (χ1n) is 7.18. The van der Waals surface area contributed by atoms with Gasteiger partial charge in [-0.05, 0) is 36.4 Å². The Morgan fingerprint density at radius 3 is 2.62 bits per heavy atom. The molecule has 0 aliphatic carbocycles. The minimum Gasteiger partial charge on any atom is -0.339 e. The fourth-order valence-corrected chi connectivity index (χ4v) is 2.16. The summed E-state index contributed by atoms with van der Waals surface area (Å²) in [5.41, 5.74) is 2.13. The molecule has 0 aliphatic rings. The molecule has 8 heteroatoms. The molecule has 0 saturated heterocycles. The summed E-state index contributed by atoms with van der Waals surface area (Å²) in [4.78, 5) is 12.6. The monoisotopic (exact) mass is 321 g/mol. The molecule has 2 N–H and O–H groups in total. The first-order valence-corrected chi connectivity index (χ1v) is 7.18. The van der Waals surface area contributed by atoms with Crippen molar-refractivity contribution in [2.75, 3.05) is 10.6 Å². The van der Waals surface area contributed by atoms with Gasteiger partial charge in [0.15, 0.2) is 5.65 Å². The second-order valence-corrected chi connectivity index (χ2v) is 5.01. The van der Waals surface area contributed by atoms with Crippen molar-refractivity contribution in [1.29, 1.82) is 0 Å². The number of fused-ring (bicyclic) bond motifs is 1. The lowest BCUT2D eigenvalue weighted by Crippen LogP contribution is -1.97. The predicted molar refractivity (Wildman–Crippen MR) is 88.0 cm³/mol. The van der Waals surface area contributed by atoms with Crippen LogP contribution in [0.15, 0.2) is 61.2 Å². The van der Waals surface area contributed by atoms with Crippen LogP contribution < -0.4 is 10.6 Å². The van der Waals surface area contributed by atoms with Gasteiger partial charge in [0.05, 0.1) is 24.3 Å². The fraction of sp³-hybridized carbons (Fsp3) is 0. The largest absolute Gasteiger partial charge is 0.339 e. The van der Waals surface area contributed by atoms with Gasteiger partial charge in [-0.2, -0.15) is 4.98 Å². The second kappa shape index (κ2) is 5.92. The van der Waals surface area contributed by atoms with Gasteiger partial charge in [0.2, 0.25) is 5.95 Å². The van der Waals surface area contributed by atoms with Crippen molar-refractivity contribution in [3.05, 3.63) is 67.0 Å². The van der Waals surface area contributed by atoms with Crippen LogP contribution >= 0.6 is 0 Å². The SMILES string of the molecule is Fc1ccc(Nc2cn3nc(Nc4cccnc4)nc3cn2)cc1. The van der Waals surface area contributed by atoms with E-state index < -0.39 is 0 Å². The van der Waals surface area contributed by atoms with Gasteiger partial charge in [0.1, 0.15) is 11.6 Å². The minimum absolute atomic E-state index is 0.286. The first-order chi connectivity index (χ1) is 11.8. The molecule has 0 fully saturated rings. The highest BCUT2D eigenvalue weighted by atomic mass is 19.1. The van der Waals surface area contributed by atoms with E-state index in [4.69, 9.17) is 0 Å². The summed E-state index contributed by atoms with van der Waals surface area (Å²) < 4.78 is 14.5. The Bertz CT molecular complexity index is 967. The van der Waals surface area contributed by atoms with Crippen molar-refractivity contribution in [2.45, 2.75) is 0 Å². The molecule has 4 aromatic rings. The maximum Gasteiger partial charge on any atom is 0.247 e. The Kier molecular flexibility index (Phi) is 3.47. The topological polar surface area (TPSA) is 80.0 Å². The van der Waals surface area contributed by atoms with E-state index in [1.165, 1.54) is 12.1 Å². The number of pyridine rings is 1. The lowest BCUT2D eigenvalue weighted by Gasteiger charge is -2.04. The highest BCUT2D eigenvalue weighted by Crippen LogP contribution is 2.16. The minimum atomic E-state index is -0.286. The quantitative estimate of drug-likeness (QED) is 0.601. The summed E-state index contributed by atoms with van der Waals surface area (Å²) in [7, 11) is 0. The summed E-state index contributed by atoms with van der Waals surface area (Å²) in [5, 5.41) is 10.5. The third-order valence-electron chi connectivity index (χ3n) is 3.26. The van der Waals surface area contributed by atoms with Crippen molar-refractivity contribution in [2.24, 2.45) is 0 Å². The summed E-state index contributed by atoms with van der Waals surface area (Å²) >= 11 is 0. The fourth-order valence-electron chi connectivity index (χ4n) is 2.16. The molecule has 0 atom stereocenters. The van der Waals surface area contributed by atoms with E-state index in [1.54, 1.807) is 41.4 Å². The van der Waals surface area contributed by atoms with Crippen LogP contribution in [0.1, 0.15) is 0 Å². The predicted octanol–water partition coefficient (Wildman–Crippen LogP) is 3.15. The zero-order valence-electron chi connectivity index (χ0n) is 12.4. The van der Waals surface area contributed by atoms with Crippen molar-refractivity contribution < 1.29 is 4.39 Å². The van der Waals surface area contributed by atoms with Crippen LogP contribution in [0.5, 0.6) is 0 Å². The van der Waals surface area contributed by atoms with Crippen LogP contribution in [0.25, 0.3) is 5.65 Å². The van der Waals surface area contributed by atoms with Crippen LogP contribution in [-0.4, -0.2) is 24.6 Å². The van der Waals surface area contributed by atoms with Crippen LogP contribution in [0.2, 0.25) is 0 Å². The zero-order chi connectivity index (χ0) is 16.4. The molecule has 3 heterocycles. The van der Waals surface area contributed by atoms with E-state index >= 15 is 0 Å². The highest BCUT2D eigenvalue weighted by Gasteiger charge is 2.06. The first kappa shape index (κ1) is 14.1. The average molecular weight is 321 g/mol. The lowest BCUT2D eigenvalue weighted by molar-refractivity contribution is 0.628. The molecule has 0 amide bonds. The number of hydrogen-bond acceptors (Lipinski definition) is 6. The van der Waals surface area contributed by atoms with Gasteiger partial charge in [-0.15, -0.1) is 5.10 Å². The van der Waals surface area contributed by atoms with Crippen LogP contribution in [0.4, 0.5) is 27.5 Å². The Balaban J connectivity index is 1.57. The number of anilines is 4. The van der Waals surface area contributed by atoms with Crippen LogP contribution in [0, 0.1) is 5.82 Å². The molecule has 118 valence electrons. The van der Waals surface area contributed by atoms with E-state index in [2.05, 4.69) is 30.7 Å².